The number of amides is 2. The van der Waals surface area contributed by atoms with E-state index in [1.54, 1.807) is 38.1 Å². The summed E-state index contributed by atoms with van der Waals surface area (Å²) in [7, 11) is 0. The monoisotopic (exact) mass is 306 g/mol. The van der Waals surface area contributed by atoms with E-state index in [1.807, 2.05) is 6.07 Å². The molecule has 6 nitrogen and oxygen atoms in total. The third-order valence-corrected chi connectivity index (χ3v) is 3.14. The van der Waals surface area contributed by atoms with Crippen molar-refractivity contribution in [2.24, 2.45) is 0 Å². The van der Waals surface area contributed by atoms with E-state index in [2.05, 4.69) is 5.32 Å². The van der Waals surface area contributed by atoms with Crippen molar-refractivity contribution in [1.82, 2.24) is 10.2 Å². The van der Waals surface area contributed by atoms with Crippen LogP contribution in [-0.4, -0.2) is 46.9 Å². The molecule has 22 heavy (non-hydrogen) atoms. The minimum atomic E-state index is -1.03. The fourth-order valence-electron chi connectivity index (χ4n) is 1.98. The van der Waals surface area contributed by atoms with Crippen LogP contribution in [0.25, 0.3) is 0 Å². The highest BCUT2D eigenvalue weighted by atomic mass is 16.4. The minimum absolute atomic E-state index is 0.164. The highest BCUT2D eigenvalue weighted by Crippen LogP contribution is 2.04. The third kappa shape index (κ3) is 5.95. The molecule has 2 N–H and O–H groups in total. The number of nitrogens with one attached hydrogen (secondary N) is 1. The molecule has 0 saturated heterocycles. The molecule has 120 valence electrons. The van der Waals surface area contributed by atoms with Crippen molar-refractivity contribution in [3.8, 4) is 0 Å². The van der Waals surface area contributed by atoms with Gasteiger partial charge in [-0.2, -0.15) is 0 Å². The van der Waals surface area contributed by atoms with Gasteiger partial charge in [0.15, 0.2) is 0 Å². The lowest BCUT2D eigenvalue weighted by atomic mass is 10.2. The van der Waals surface area contributed by atoms with Gasteiger partial charge in [0.1, 0.15) is 6.54 Å². The zero-order chi connectivity index (χ0) is 16.5. The predicted molar refractivity (Wildman–Crippen MR) is 82.5 cm³/mol. The molecule has 0 saturated carbocycles. The second kappa shape index (κ2) is 8.81. The quantitative estimate of drug-likeness (QED) is 0.713. The van der Waals surface area contributed by atoms with Crippen molar-refractivity contribution < 1.29 is 19.5 Å². The van der Waals surface area contributed by atoms with Crippen molar-refractivity contribution >= 4 is 17.8 Å². The minimum Gasteiger partial charge on any atom is -0.480 e. The Hall–Kier alpha value is -2.37. The zero-order valence-corrected chi connectivity index (χ0v) is 12.9. The van der Waals surface area contributed by atoms with Crippen molar-refractivity contribution in [3.63, 3.8) is 0 Å². The number of rotatable bonds is 8. The van der Waals surface area contributed by atoms with E-state index in [0.29, 0.717) is 18.5 Å². The summed E-state index contributed by atoms with van der Waals surface area (Å²) in [6, 6.07) is 8.66. The molecule has 6 heteroatoms. The summed E-state index contributed by atoms with van der Waals surface area (Å²) in [6.45, 7) is 3.63. The van der Waals surface area contributed by atoms with Crippen LogP contribution >= 0.6 is 0 Å². The van der Waals surface area contributed by atoms with Gasteiger partial charge in [0.25, 0.3) is 5.91 Å². The molecule has 0 unspecified atom stereocenters. The topological polar surface area (TPSA) is 86.7 Å². The van der Waals surface area contributed by atoms with E-state index in [9.17, 15) is 14.4 Å². The van der Waals surface area contributed by atoms with Crippen LogP contribution in [0.3, 0.4) is 0 Å². The number of carboxylic acid groups (broad SMARTS) is 1. The first-order chi connectivity index (χ1) is 10.4. The number of benzene rings is 1. The Morgan fingerprint density at radius 3 is 2.36 bits per heavy atom. The molecule has 2 amide bonds. The van der Waals surface area contributed by atoms with Crippen LogP contribution in [-0.2, 0) is 9.59 Å². The molecule has 0 heterocycles. The number of aliphatic carboxylic acids is 1. The van der Waals surface area contributed by atoms with Gasteiger partial charge in [-0.1, -0.05) is 18.2 Å². The molecule has 1 rings (SSSR count). The summed E-state index contributed by atoms with van der Waals surface area (Å²) in [6.07, 6.45) is 0.681. The lowest BCUT2D eigenvalue weighted by Gasteiger charge is -2.24. The molecule has 0 fully saturated rings. The molecule has 0 aliphatic heterocycles. The van der Waals surface area contributed by atoms with E-state index >= 15 is 0 Å². The molecular weight excluding hydrogens is 284 g/mol. The average molecular weight is 306 g/mol. The van der Waals surface area contributed by atoms with Crippen LogP contribution in [0.15, 0.2) is 30.3 Å². The van der Waals surface area contributed by atoms with Crippen LogP contribution < -0.4 is 5.32 Å². The number of carbonyl (C=O) groups is 3. The molecule has 0 atom stereocenters. The maximum absolute atomic E-state index is 12.0. The largest absolute Gasteiger partial charge is 0.480 e. The Bertz CT molecular complexity index is 514. The van der Waals surface area contributed by atoms with Gasteiger partial charge in [0.05, 0.1) is 0 Å². The average Bonchev–Trinajstić information content (AvgIpc) is 2.49. The Kier molecular flexibility index (Phi) is 7.08. The van der Waals surface area contributed by atoms with Gasteiger partial charge in [-0.15, -0.1) is 0 Å². The van der Waals surface area contributed by atoms with E-state index in [-0.39, 0.29) is 30.8 Å². The van der Waals surface area contributed by atoms with Crippen LogP contribution in [0.2, 0.25) is 0 Å². The van der Waals surface area contributed by atoms with E-state index in [4.69, 9.17) is 5.11 Å². The third-order valence-electron chi connectivity index (χ3n) is 3.14. The Morgan fingerprint density at radius 2 is 1.82 bits per heavy atom. The highest BCUT2D eigenvalue weighted by molar-refractivity contribution is 5.94. The highest BCUT2D eigenvalue weighted by Gasteiger charge is 2.19. The zero-order valence-electron chi connectivity index (χ0n) is 12.9. The van der Waals surface area contributed by atoms with Crippen molar-refractivity contribution in [2.75, 3.05) is 13.1 Å². The fourth-order valence-corrected chi connectivity index (χ4v) is 1.98. The fraction of sp³-hybridized carbons (Fsp3) is 0.438. The Morgan fingerprint density at radius 1 is 1.18 bits per heavy atom. The van der Waals surface area contributed by atoms with Crippen LogP contribution in [0.4, 0.5) is 0 Å². The maximum Gasteiger partial charge on any atom is 0.323 e. The lowest BCUT2D eigenvalue weighted by Crippen LogP contribution is -2.40. The van der Waals surface area contributed by atoms with E-state index in [1.165, 1.54) is 4.90 Å². The molecule has 0 radical (unpaired) electrons. The molecule has 0 aliphatic rings. The summed E-state index contributed by atoms with van der Waals surface area (Å²) >= 11 is 0. The van der Waals surface area contributed by atoms with Gasteiger partial charge in [-0.05, 0) is 32.4 Å². The van der Waals surface area contributed by atoms with Gasteiger partial charge in [0, 0.05) is 24.6 Å². The van der Waals surface area contributed by atoms with Gasteiger partial charge in [0.2, 0.25) is 5.91 Å². The van der Waals surface area contributed by atoms with Gasteiger partial charge in [-0.3, -0.25) is 14.4 Å². The van der Waals surface area contributed by atoms with Crippen LogP contribution in [0, 0.1) is 0 Å². The van der Waals surface area contributed by atoms with E-state index < -0.39 is 5.97 Å². The molecule has 0 aromatic heterocycles. The summed E-state index contributed by atoms with van der Waals surface area (Å²) in [5, 5.41) is 11.5. The number of nitrogens with zero attached hydrogens (tertiary/aromatic N) is 1. The Balaban J connectivity index is 2.35. The normalized spacial score (nSPS) is 10.3. The van der Waals surface area contributed by atoms with E-state index in [0.717, 1.165) is 0 Å². The molecule has 1 aromatic carbocycles. The number of carboxylic acids is 1. The van der Waals surface area contributed by atoms with Crippen molar-refractivity contribution in [2.45, 2.75) is 32.7 Å². The molecule has 0 bridgehead atoms. The summed E-state index contributed by atoms with van der Waals surface area (Å²) in [4.78, 5) is 35.8. The van der Waals surface area contributed by atoms with Gasteiger partial charge < -0.3 is 15.3 Å². The SMILES string of the molecule is CC(C)N(CC(=O)O)C(=O)CCCNC(=O)c1ccccc1. The van der Waals surface area contributed by atoms with Gasteiger partial charge >= 0.3 is 5.97 Å². The predicted octanol–water partition coefficient (Wildman–Crippen LogP) is 1.52. The summed E-state index contributed by atoms with van der Waals surface area (Å²) in [5.74, 6) is -1.43. The standard InChI is InChI=1S/C16H22N2O4/c1-12(2)18(11-15(20)21)14(19)9-6-10-17-16(22)13-7-4-3-5-8-13/h3-5,7-8,12H,6,9-11H2,1-2H3,(H,17,22)(H,20,21). The summed E-state index contributed by atoms with van der Waals surface area (Å²) < 4.78 is 0. The second-order valence-corrected chi connectivity index (χ2v) is 5.23. The summed E-state index contributed by atoms with van der Waals surface area (Å²) in [5.41, 5.74) is 0.573. The van der Waals surface area contributed by atoms with Crippen molar-refractivity contribution in [3.05, 3.63) is 35.9 Å². The second-order valence-electron chi connectivity index (χ2n) is 5.23. The number of hydrogen-bond acceptors (Lipinski definition) is 3. The lowest BCUT2D eigenvalue weighted by molar-refractivity contribution is -0.145. The van der Waals surface area contributed by atoms with Crippen LogP contribution in [0.5, 0.6) is 0 Å². The first kappa shape index (κ1) is 17.7. The Labute approximate surface area is 130 Å². The number of hydrogen-bond donors (Lipinski definition) is 2. The first-order valence-electron chi connectivity index (χ1n) is 7.26. The maximum atomic E-state index is 12.0. The van der Waals surface area contributed by atoms with Crippen LogP contribution in [0.1, 0.15) is 37.0 Å². The molecule has 0 spiro atoms. The number of carbonyl (C=O) groups excluding carboxylic acids is 2. The molecule has 1 aromatic rings. The van der Waals surface area contributed by atoms with Crippen molar-refractivity contribution in [1.29, 1.82) is 0 Å². The molecular formula is C16H22N2O4. The smallest absolute Gasteiger partial charge is 0.323 e. The molecule has 0 aliphatic carbocycles. The van der Waals surface area contributed by atoms with Gasteiger partial charge in [-0.25, -0.2) is 0 Å². The first-order valence-corrected chi connectivity index (χ1v) is 7.26.